The summed E-state index contributed by atoms with van der Waals surface area (Å²) in [6.45, 7) is 5.30. The van der Waals surface area contributed by atoms with Gasteiger partial charge in [-0.2, -0.15) is 13.2 Å². The minimum atomic E-state index is -4.49. The van der Waals surface area contributed by atoms with Gasteiger partial charge in [-0.15, -0.1) is 11.3 Å². The zero-order chi connectivity index (χ0) is 26.5. The molecule has 0 aliphatic heterocycles. The van der Waals surface area contributed by atoms with Gasteiger partial charge in [0.2, 0.25) is 0 Å². The van der Waals surface area contributed by atoms with E-state index in [9.17, 15) is 22.8 Å². The fourth-order valence-corrected chi connectivity index (χ4v) is 3.89. The topological polar surface area (TPSA) is 89.0 Å². The second-order valence-corrected chi connectivity index (χ2v) is 9.88. The summed E-state index contributed by atoms with van der Waals surface area (Å²) in [4.78, 5) is 30.5. The largest absolute Gasteiger partial charge is 0.492 e. The lowest BCUT2D eigenvalue weighted by molar-refractivity contribution is -0.137. The van der Waals surface area contributed by atoms with Crippen LogP contribution in [-0.4, -0.2) is 45.8 Å². The van der Waals surface area contributed by atoms with Crippen LogP contribution in [0.15, 0.2) is 54.7 Å². The Morgan fingerprint density at radius 2 is 1.83 bits per heavy atom. The van der Waals surface area contributed by atoms with E-state index in [1.165, 1.54) is 23.1 Å². The van der Waals surface area contributed by atoms with E-state index in [0.29, 0.717) is 16.1 Å². The lowest BCUT2D eigenvalue weighted by atomic mass is 10.2. The van der Waals surface area contributed by atoms with Crippen LogP contribution in [0.5, 0.6) is 5.75 Å². The highest BCUT2D eigenvalue weighted by Crippen LogP contribution is 2.31. The lowest BCUT2D eigenvalue weighted by Crippen LogP contribution is -2.38. The molecular weight excluding hydrogens is 497 g/mol. The number of thiophene rings is 1. The first-order valence-corrected chi connectivity index (χ1v) is 11.7. The highest BCUT2D eigenvalue weighted by molar-refractivity contribution is 7.17. The van der Waals surface area contributed by atoms with Crippen LogP contribution in [0, 0.1) is 0 Å². The molecule has 0 saturated heterocycles. The molecule has 1 N–H and O–H groups in total. The molecule has 0 atom stereocenters. The normalized spacial score (nSPS) is 11.7. The van der Waals surface area contributed by atoms with Crippen LogP contribution in [0.3, 0.4) is 0 Å². The summed E-state index contributed by atoms with van der Waals surface area (Å²) < 4.78 is 49.8. The number of ether oxygens (including phenoxy) is 2. The molecule has 0 spiro atoms. The van der Waals surface area contributed by atoms with E-state index in [1.54, 1.807) is 45.2 Å². The summed E-state index contributed by atoms with van der Waals surface area (Å²) in [5.74, 6) is -0.972. The maximum Gasteiger partial charge on any atom is 0.416 e. The number of carboxylic acid groups (broad SMARTS) is 1. The van der Waals surface area contributed by atoms with Crippen LogP contribution < -0.4 is 4.74 Å². The third kappa shape index (κ3) is 7.70. The van der Waals surface area contributed by atoms with E-state index in [2.05, 4.69) is 4.98 Å². The number of carboxylic acids is 1. The molecule has 0 radical (unpaired) electrons. The Morgan fingerprint density at radius 1 is 1.08 bits per heavy atom. The van der Waals surface area contributed by atoms with Crippen molar-refractivity contribution in [2.75, 3.05) is 13.2 Å². The molecule has 0 fully saturated rings. The van der Waals surface area contributed by atoms with Gasteiger partial charge >= 0.3 is 18.2 Å². The van der Waals surface area contributed by atoms with Gasteiger partial charge in [0.15, 0.2) is 0 Å². The van der Waals surface area contributed by atoms with Crippen LogP contribution in [-0.2, 0) is 17.5 Å². The molecular formula is C25H25F3N2O5S. The third-order valence-electron chi connectivity index (χ3n) is 4.71. The number of carbonyl (C=O) groups excluding carboxylic acids is 1. The number of rotatable bonds is 8. The quantitative estimate of drug-likeness (QED) is 0.371. The van der Waals surface area contributed by atoms with Gasteiger partial charge in [0.05, 0.1) is 29.2 Å². The van der Waals surface area contributed by atoms with Crippen molar-refractivity contribution in [3.63, 3.8) is 0 Å². The molecule has 1 aromatic carbocycles. The molecule has 2 heterocycles. The van der Waals surface area contributed by atoms with Gasteiger partial charge < -0.3 is 19.5 Å². The van der Waals surface area contributed by atoms with Gasteiger partial charge in [0.1, 0.15) is 22.8 Å². The number of aromatic carboxylic acids is 1. The lowest BCUT2D eigenvalue weighted by Gasteiger charge is -2.27. The predicted octanol–water partition coefficient (Wildman–Crippen LogP) is 6.34. The number of alkyl halides is 3. The first-order chi connectivity index (χ1) is 16.8. The van der Waals surface area contributed by atoms with E-state index in [1.807, 2.05) is 0 Å². The highest BCUT2D eigenvalue weighted by Gasteiger charge is 2.30. The number of hydrogen-bond acceptors (Lipinski definition) is 6. The minimum absolute atomic E-state index is 0.0386. The number of aromatic nitrogens is 1. The van der Waals surface area contributed by atoms with E-state index in [-0.39, 0.29) is 30.3 Å². The maximum absolute atomic E-state index is 12.9. The summed E-state index contributed by atoms with van der Waals surface area (Å²) in [5, 5.41) is 9.09. The number of carbonyl (C=O) groups is 2. The van der Waals surface area contributed by atoms with Crippen molar-refractivity contribution in [2.45, 2.75) is 39.1 Å². The molecule has 1 amide bonds. The summed E-state index contributed by atoms with van der Waals surface area (Å²) in [6.07, 6.45) is -3.52. The molecule has 0 saturated carbocycles. The van der Waals surface area contributed by atoms with Crippen LogP contribution in [0.4, 0.5) is 18.0 Å². The summed E-state index contributed by atoms with van der Waals surface area (Å²) in [5.41, 5.74) is -0.302. The number of hydrogen-bond donors (Lipinski definition) is 1. The Kier molecular flexibility index (Phi) is 8.24. The van der Waals surface area contributed by atoms with Gasteiger partial charge in [-0.05, 0) is 62.7 Å². The summed E-state index contributed by atoms with van der Waals surface area (Å²) in [7, 11) is 0. The molecule has 11 heteroatoms. The molecule has 7 nitrogen and oxygen atoms in total. The van der Waals surface area contributed by atoms with Crippen LogP contribution in [0.1, 0.15) is 41.6 Å². The molecule has 2 aromatic heterocycles. The molecule has 0 bridgehead atoms. The standard InChI is InChI=1S/C25H25F3N2O5S/c1-24(2,3)35-23(33)30(11-12-34-18-6-4-5-17(13-18)25(26,27)28)15-16-7-8-19(29-14-16)20-9-10-21(36-20)22(31)32/h4-10,13-14H,11-12,15H2,1-3H3,(H,31,32). The smallest absolute Gasteiger partial charge is 0.416 e. The van der Waals surface area contributed by atoms with E-state index >= 15 is 0 Å². The SMILES string of the molecule is CC(C)(C)OC(=O)N(CCOc1cccc(C(F)(F)F)c1)Cc1ccc(-c2ccc(C(=O)O)s2)nc1. The molecule has 3 aromatic rings. The van der Waals surface area contributed by atoms with Gasteiger partial charge in [-0.25, -0.2) is 9.59 Å². The molecule has 192 valence electrons. The Bertz CT molecular complexity index is 1200. The van der Waals surface area contributed by atoms with E-state index < -0.39 is 29.4 Å². The predicted molar refractivity (Wildman–Crippen MR) is 128 cm³/mol. The average Bonchev–Trinajstić information content (AvgIpc) is 3.28. The Labute approximate surface area is 210 Å². The maximum atomic E-state index is 12.9. The molecule has 0 aliphatic carbocycles. The first-order valence-electron chi connectivity index (χ1n) is 10.9. The molecule has 36 heavy (non-hydrogen) atoms. The zero-order valence-electron chi connectivity index (χ0n) is 19.8. The number of nitrogens with zero attached hydrogens (tertiary/aromatic N) is 2. The first kappa shape index (κ1) is 27.0. The Balaban J connectivity index is 1.69. The van der Waals surface area contributed by atoms with E-state index in [4.69, 9.17) is 14.6 Å². The van der Waals surface area contributed by atoms with Crippen LogP contribution in [0.2, 0.25) is 0 Å². The third-order valence-corrected chi connectivity index (χ3v) is 5.81. The Morgan fingerprint density at radius 3 is 2.42 bits per heavy atom. The number of amides is 1. The number of pyridine rings is 1. The van der Waals surface area contributed by atoms with Gasteiger partial charge in [-0.1, -0.05) is 12.1 Å². The average molecular weight is 523 g/mol. The highest BCUT2D eigenvalue weighted by atomic mass is 32.1. The fourth-order valence-electron chi connectivity index (χ4n) is 3.07. The van der Waals surface area contributed by atoms with Crippen molar-refractivity contribution in [3.05, 3.63) is 70.7 Å². The van der Waals surface area contributed by atoms with Crippen molar-refractivity contribution in [1.82, 2.24) is 9.88 Å². The van der Waals surface area contributed by atoms with Gasteiger partial charge in [0.25, 0.3) is 0 Å². The molecule has 0 aliphatic rings. The van der Waals surface area contributed by atoms with Crippen LogP contribution in [0.25, 0.3) is 10.6 Å². The second kappa shape index (κ2) is 11.0. The van der Waals surface area contributed by atoms with Crippen LogP contribution >= 0.6 is 11.3 Å². The van der Waals surface area contributed by atoms with Crippen molar-refractivity contribution in [3.8, 4) is 16.3 Å². The van der Waals surface area contributed by atoms with Crippen molar-refractivity contribution >= 4 is 23.4 Å². The van der Waals surface area contributed by atoms with Crippen molar-refractivity contribution < 1.29 is 37.3 Å². The monoisotopic (exact) mass is 522 g/mol. The van der Waals surface area contributed by atoms with E-state index in [0.717, 1.165) is 23.5 Å². The van der Waals surface area contributed by atoms with Gasteiger partial charge in [-0.3, -0.25) is 4.98 Å². The zero-order valence-corrected chi connectivity index (χ0v) is 20.7. The number of halogens is 3. The van der Waals surface area contributed by atoms with Gasteiger partial charge in [0, 0.05) is 6.20 Å². The molecule has 3 rings (SSSR count). The van der Waals surface area contributed by atoms with Crippen molar-refractivity contribution in [2.24, 2.45) is 0 Å². The summed E-state index contributed by atoms with van der Waals surface area (Å²) in [6, 6.07) is 11.2. The minimum Gasteiger partial charge on any atom is -0.492 e. The number of benzene rings is 1. The second-order valence-electron chi connectivity index (χ2n) is 8.80. The Hall–Kier alpha value is -3.60. The fraction of sp³-hybridized carbons (Fsp3) is 0.320. The molecule has 0 unspecified atom stereocenters. The van der Waals surface area contributed by atoms with Crippen molar-refractivity contribution in [1.29, 1.82) is 0 Å². The summed E-state index contributed by atoms with van der Waals surface area (Å²) >= 11 is 1.10.